The van der Waals surface area contributed by atoms with Gasteiger partial charge in [0.2, 0.25) is 17.6 Å². The van der Waals surface area contributed by atoms with E-state index >= 15 is 0 Å². The molecule has 1 amide bonds. The normalized spacial score (nSPS) is 10.3. The zero-order chi connectivity index (χ0) is 19.4. The quantitative estimate of drug-likeness (QED) is 0.603. The molecule has 0 saturated carbocycles. The van der Waals surface area contributed by atoms with Gasteiger partial charge >= 0.3 is 0 Å². The first-order valence-electron chi connectivity index (χ1n) is 7.84. The van der Waals surface area contributed by atoms with Crippen molar-refractivity contribution in [3.63, 3.8) is 0 Å². The molecule has 8 nitrogen and oxygen atoms in total. The molecule has 0 aliphatic rings. The molecule has 0 atom stereocenters. The van der Waals surface area contributed by atoms with E-state index in [9.17, 15) is 9.59 Å². The first kappa shape index (κ1) is 18.5. The molecule has 138 valence electrons. The number of hydrogen-bond acceptors (Lipinski definition) is 8. The van der Waals surface area contributed by atoms with E-state index in [1.807, 2.05) is 18.2 Å². The molecule has 0 aliphatic carbocycles. The van der Waals surface area contributed by atoms with Gasteiger partial charge in [-0.05, 0) is 23.7 Å². The summed E-state index contributed by atoms with van der Waals surface area (Å²) in [6, 6.07) is 10.6. The Kier molecular flexibility index (Phi) is 5.41. The third-order valence-corrected chi connectivity index (χ3v) is 4.39. The molecular weight excluding hydrogens is 368 g/mol. The van der Waals surface area contributed by atoms with Gasteiger partial charge in [-0.25, -0.2) is 0 Å². The third-order valence-electron chi connectivity index (χ3n) is 3.76. The highest BCUT2D eigenvalue weighted by atomic mass is 32.1. The Morgan fingerprint density at radius 1 is 1.04 bits per heavy atom. The molecule has 0 aliphatic heterocycles. The van der Waals surface area contributed by atoms with Gasteiger partial charge < -0.3 is 14.4 Å². The molecule has 0 N–H and O–H groups in total. The minimum atomic E-state index is -0.585. The van der Waals surface area contributed by atoms with Gasteiger partial charge in [-0.3, -0.25) is 9.59 Å². The monoisotopic (exact) mass is 384 g/mol. The fraction of sp³-hybridized carbons (Fsp3) is 0.167. The molecule has 0 fully saturated rings. The predicted octanol–water partition coefficient (Wildman–Crippen LogP) is 2.46. The van der Waals surface area contributed by atoms with Gasteiger partial charge in [-0.15, -0.1) is 0 Å². The topological polar surface area (TPSA) is 94.5 Å². The van der Waals surface area contributed by atoms with Crippen LogP contribution in [0.2, 0.25) is 0 Å². The average Bonchev–Trinajstić information content (AvgIpc) is 3.22. The summed E-state index contributed by atoms with van der Waals surface area (Å²) in [4.78, 5) is 35.2. The predicted molar refractivity (Wildman–Crippen MR) is 99.9 cm³/mol. The van der Waals surface area contributed by atoms with Gasteiger partial charge in [0.25, 0.3) is 11.7 Å². The van der Waals surface area contributed by atoms with Crippen molar-refractivity contribution in [3.8, 4) is 11.8 Å². The van der Waals surface area contributed by atoms with Gasteiger partial charge in [-0.1, -0.05) is 18.2 Å². The number of carbonyl (C=O) groups excluding carboxylic acids is 2. The molecule has 3 aromatic rings. The third kappa shape index (κ3) is 3.77. The second-order valence-corrected chi connectivity index (χ2v) is 6.01. The van der Waals surface area contributed by atoms with E-state index in [0.29, 0.717) is 5.69 Å². The number of nitrogens with zero attached hydrogens (tertiary/aromatic N) is 4. The van der Waals surface area contributed by atoms with Gasteiger partial charge in [-0.2, -0.15) is 14.3 Å². The number of anilines is 1. The van der Waals surface area contributed by atoms with Crippen molar-refractivity contribution in [3.05, 3.63) is 58.9 Å². The van der Waals surface area contributed by atoms with Crippen LogP contribution in [0, 0.1) is 0 Å². The second-order valence-electron chi connectivity index (χ2n) is 5.38. The lowest BCUT2D eigenvalue weighted by molar-refractivity contribution is 0.0971. The molecule has 9 heteroatoms. The number of ether oxygens (including phenoxy) is 2. The van der Waals surface area contributed by atoms with Crippen molar-refractivity contribution in [2.24, 2.45) is 0 Å². The summed E-state index contributed by atoms with van der Waals surface area (Å²) in [5, 5.41) is 1.53. The van der Waals surface area contributed by atoms with E-state index in [1.165, 1.54) is 30.6 Å². The molecule has 0 bridgehead atoms. The minimum Gasteiger partial charge on any atom is -0.481 e. The van der Waals surface area contributed by atoms with Crippen LogP contribution in [-0.2, 0) is 0 Å². The van der Waals surface area contributed by atoms with E-state index in [0.717, 1.165) is 11.5 Å². The van der Waals surface area contributed by atoms with Gasteiger partial charge in [0.1, 0.15) is 5.69 Å². The number of benzene rings is 1. The number of methoxy groups -OCH3 is 2. The number of rotatable bonds is 6. The average molecular weight is 384 g/mol. The molecule has 0 radical (unpaired) electrons. The highest BCUT2D eigenvalue weighted by Gasteiger charge is 2.26. The Bertz CT molecular complexity index is 952. The highest BCUT2D eigenvalue weighted by Crippen LogP contribution is 2.22. The molecule has 0 spiro atoms. The zero-order valence-electron chi connectivity index (χ0n) is 14.9. The maximum Gasteiger partial charge on any atom is 0.261 e. The lowest BCUT2D eigenvalue weighted by atomic mass is 10.1. The zero-order valence-corrected chi connectivity index (χ0v) is 15.7. The van der Waals surface area contributed by atoms with Crippen LogP contribution < -0.4 is 14.4 Å². The number of para-hydroxylation sites is 1. The smallest absolute Gasteiger partial charge is 0.261 e. The largest absolute Gasteiger partial charge is 0.481 e. The maximum atomic E-state index is 12.9. The fourth-order valence-corrected chi connectivity index (χ4v) is 2.98. The van der Waals surface area contributed by atoms with Crippen LogP contribution in [0.4, 0.5) is 5.69 Å². The van der Waals surface area contributed by atoms with Crippen LogP contribution in [0.15, 0.2) is 41.8 Å². The SMILES string of the molecule is COc1cc(OC)nc(C(=O)c2nscc2C(=O)N(C)c2ccccc2)n1. The molecule has 1 aromatic carbocycles. The first-order valence-corrected chi connectivity index (χ1v) is 8.68. The molecular formula is C18H16N4O4S. The Balaban J connectivity index is 1.95. The van der Waals surface area contributed by atoms with Crippen LogP contribution >= 0.6 is 11.5 Å². The summed E-state index contributed by atoms with van der Waals surface area (Å²) < 4.78 is 14.2. The molecule has 0 saturated heterocycles. The molecule has 2 aromatic heterocycles. The lowest BCUT2D eigenvalue weighted by Crippen LogP contribution is -2.27. The number of hydrogen-bond donors (Lipinski definition) is 0. The number of carbonyl (C=O) groups is 2. The summed E-state index contributed by atoms with van der Waals surface area (Å²) >= 11 is 1.01. The molecule has 2 heterocycles. The van der Waals surface area contributed by atoms with Crippen molar-refractivity contribution in [2.75, 3.05) is 26.2 Å². The minimum absolute atomic E-state index is 0.0110. The van der Waals surface area contributed by atoms with E-state index in [2.05, 4.69) is 14.3 Å². The van der Waals surface area contributed by atoms with E-state index in [-0.39, 0.29) is 34.7 Å². The van der Waals surface area contributed by atoms with Crippen LogP contribution in [0.1, 0.15) is 26.7 Å². The van der Waals surface area contributed by atoms with Crippen LogP contribution in [-0.4, -0.2) is 47.3 Å². The van der Waals surface area contributed by atoms with Gasteiger partial charge in [0.05, 0.1) is 25.8 Å². The van der Waals surface area contributed by atoms with Crippen molar-refractivity contribution >= 4 is 28.9 Å². The van der Waals surface area contributed by atoms with Crippen molar-refractivity contribution < 1.29 is 19.1 Å². The Morgan fingerprint density at radius 3 is 2.26 bits per heavy atom. The van der Waals surface area contributed by atoms with Crippen molar-refractivity contribution in [1.29, 1.82) is 0 Å². The summed E-state index contributed by atoms with van der Waals surface area (Å²) in [5.41, 5.74) is 0.872. The molecule has 3 rings (SSSR count). The maximum absolute atomic E-state index is 12.9. The van der Waals surface area contributed by atoms with E-state index in [4.69, 9.17) is 9.47 Å². The van der Waals surface area contributed by atoms with Crippen molar-refractivity contribution in [2.45, 2.75) is 0 Å². The second kappa shape index (κ2) is 7.92. The highest BCUT2D eigenvalue weighted by molar-refractivity contribution is 7.04. The number of amides is 1. The number of ketones is 1. The summed E-state index contributed by atoms with van der Waals surface area (Å²) in [6.07, 6.45) is 0. The van der Waals surface area contributed by atoms with Crippen LogP contribution in [0.25, 0.3) is 0 Å². The Morgan fingerprint density at radius 2 is 1.67 bits per heavy atom. The van der Waals surface area contributed by atoms with Crippen LogP contribution in [0.3, 0.4) is 0 Å². The lowest BCUT2D eigenvalue weighted by Gasteiger charge is -2.16. The first-order chi connectivity index (χ1) is 13.0. The van der Waals surface area contributed by atoms with Gasteiger partial charge in [0, 0.05) is 18.1 Å². The van der Waals surface area contributed by atoms with E-state index in [1.54, 1.807) is 19.2 Å². The van der Waals surface area contributed by atoms with Crippen molar-refractivity contribution in [1.82, 2.24) is 14.3 Å². The Hall–Kier alpha value is -3.33. The summed E-state index contributed by atoms with van der Waals surface area (Å²) in [6.45, 7) is 0. The standard InChI is InChI=1S/C18H16N4O4S/c1-22(11-7-5-4-6-8-11)18(24)12-10-27-21-15(12)16(23)17-19-13(25-2)9-14(20-17)26-3/h4-10H,1-3H3. The van der Waals surface area contributed by atoms with Gasteiger partial charge in [0.15, 0.2) is 0 Å². The van der Waals surface area contributed by atoms with Crippen LogP contribution in [0.5, 0.6) is 11.8 Å². The van der Waals surface area contributed by atoms with E-state index < -0.39 is 5.78 Å². The summed E-state index contributed by atoms with van der Waals surface area (Å²) in [5.74, 6) is -0.746. The molecule has 27 heavy (non-hydrogen) atoms. The molecule has 0 unspecified atom stereocenters. The Labute approximate surface area is 159 Å². The number of aromatic nitrogens is 3. The fourth-order valence-electron chi connectivity index (χ4n) is 2.32. The summed E-state index contributed by atoms with van der Waals surface area (Å²) in [7, 11) is 4.47.